The van der Waals surface area contributed by atoms with Crippen LogP contribution in [0.2, 0.25) is 0 Å². The number of aliphatic carboxylic acids is 1. The monoisotopic (exact) mass is 305 g/mol. The van der Waals surface area contributed by atoms with E-state index in [2.05, 4.69) is 4.90 Å². The molecule has 0 unspecified atom stereocenters. The van der Waals surface area contributed by atoms with Crippen molar-refractivity contribution in [3.05, 3.63) is 41.7 Å². The van der Waals surface area contributed by atoms with Gasteiger partial charge in [-0.15, -0.1) is 0 Å². The van der Waals surface area contributed by atoms with Crippen molar-refractivity contribution in [2.45, 2.75) is 6.42 Å². The van der Waals surface area contributed by atoms with Gasteiger partial charge in [0.2, 0.25) is 0 Å². The maximum atomic E-state index is 12.8. The van der Waals surface area contributed by atoms with E-state index < -0.39 is 11.4 Å². The lowest BCUT2D eigenvalue weighted by Gasteiger charge is -2.34. The lowest BCUT2D eigenvalue weighted by atomic mass is 9.74. The minimum absolute atomic E-state index is 0.0676. The summed E-state index contributed by atoms with van der Waals surface area (Å²) in [5.41, 5.74) is 0.288. The number of carboxylic acids is 1. The molecule has 22 heavy (non-hydrogen) atoms. The van der Waals surface area contributed by atoms with Gasteiger partial charge in [-0.3, -0.25) is 9.69 Å². The summed E-state index contributed by atoms with van der Waals surface area (Å²) in [5, 5.41) is 9.61. The van der Waals surface area contributed by atoms with Gasteiger partial charge in [-0.2, -0.15) is 0 Å². The van der Waals surface area contributed by atoms with Crippen molar-refractivity contribution >= 4 is 12.0 Å². The van der Waals surface area contributed by atoms with E-state index in [0.29, 0.717) is 32.7 Å². The lowest BCUT2D eigenvalue weighted by Crippen LogP contribution is -2.44. The normalized spacial score (nSPS) is 28.9. The fourth-order valence-corrected chi connectivity index (χ4v) is 3.45. The van der Waals surface area contributed by atoms with E-state index in [9.17, 15) is 14.3 Å². The second-order valence-corrected chi connectivity index (χ2v) is 6.13. The first kappa shape index (κ1) is 15.2. The third kappa shape index (κ3) is 2.91. The van der Waals surface area contributed by atoms with Gasteiger partial charge in [0.15, 0.2) is 0 Å². The number of hydrogen-bond acceptors (Lipinski definition) is 3. The zero-order valence-electron chi connectivity index (χ0n) is 12.4. The van der Waals surface area contributed by atoms with Gasteiger partial charge in [0, 0.05) is 32.2 Å². The van der Waals surface area contributed by atoms with Crippen LogP contribution >= 0.6 is 0 Å². The Hall–Kier alpha value is -1.72. The average molecular weight is 305 g/mol. The quantitative estimate of drug-likeness (QED) is 0.927. The van der Waals surface area contributed by atoms with E-state index in [1.807, 2.05) is 12.2 Å². The Morgan fingerprint density at radius 1 is 1.45 bits per heavy atom. The van der Waals surface area contributed by atoms with E-state index in [1.165, 1.54) is 12.1 Å². The third-order valence-electron chi connectivity index (χ3n) is 4.75. The zero-order chi connectivity index (χ0) is 15.6. The minimum atomic E-state index is -0.703. The summed E-state index contributed by atoms with van der Waals surface area (Å²) in [6.45, 7) is 3.08. The number of nitrogens with zero attached hydrogens (tertiary/aromatic N) is 1. The molecule has 5 heteroatoms. The van der Waals surface area contributed by atoms with Crippen LogP contribution in [0.1, 0.15) is 12.0 Å². The molecule has 1 N–H and O–H groups in total. The van der Waals surface area contributed by atoms with Crippen LogP contribution in [-0.2, 0) is 9.53 Å². The Labute approximate surface area is 129 Å². The van der Waals surface area contributed by atoms with Crippen molar-refractivity contribution < 1.29 is 19.0 Å². The molecule has 2 heterocycles. The van der Waals surface area contributed by atoms with Crippen LogP contribution in [0.25, 0.3) is 6.08 Å². The summed E-state index contributed by atoms with van der Waals surface area (Å²) >= 11 is 0. The van der Waals surface area contributed by atoms with Crippen LogP contribution in [0.3, 0.4) is 0 Å². The smallest absolute Gasteiger partial charge is 0.311 e. The first-order valence-electron chi connectivity index (χ1n) is 7.56. The van der Waals surface area contributed by atoms with Gasteiger partial charge in [-0.25, -0.2) is 4.39 Å². The number of rotatable bonds is 4. The first-order chi connectivity index (χ1) is 10.6. The Morgan fingerprint density at radius 2 is 2.23 bits per heavy atom. The molecule has 2 aliphatic heterocycles. The predicted molar refractivity (Wildman–Crippen MR) is 80.9 cm³/mol. The summed E-state index contributed by atoms with van der Waals surface area (Å²) in [6, 6.07) is 6.31. The van der Waals surface area contributed by atoms with Crippen LogP contribution in [0.5, 0.6) is 0 Å². The minimum Gasteiger partial charge on any atom is -0.481 e. The number of halogens is 1. The molecule has 0 aromatic heterocycles. The maximum absolute atomic E-state index is 12.8. The average Bonchev–Trinajstić information content (AvgIpc) is 2.89. The van der Waals surface area contributed by atoms with Crippen molar-refractivity contribution in [2.75, 3.05) is 32.8 Å². The SMILES string of the molecule is O=C(O)[C@]12CCOC[C@H]1CN(C/C=C/c1ccc(F)cc1)C2. The molecular formula is C17H20FNO3. The number of benzene rings is 1. The van der Waals surface area contributed by atoms with Gasteiger partial charge in [0.1, 0.15) is 5.82 Å². The van der Waals surface area contributed by atoms with Crippen LogP contribution in [0.4, 0.5) is 4.39 Å². The molecule has 2 fully saturated rings. The summed E-state index contributed by atoms with van der Waals surface area (Å²) in [5.74, 6) is -0.882. The molecule has 2 saturated heterocycles. The summed E-state index contributed by atoms with van der Waals surface area (Å²) < 4.78 is 18.3. The van der Waals surface area contributed by atoms with Crippen LogP contribution < -0.4 is 0 Å². The molecule has 0 aliphatic carbocycles. The van der Waals surface area contributed by atoms with Gasteiger partial charge in [-0.1, -0.05) is 24.3 Å². The van der Waals surface area contributed by atoms with Crippen molar-refractivity contribution in [3.63, 3.8) is 0 Å². The Morgan fingerprint density at radius 3 is 2.91 bits per heavy atom. The van der Waals surface area contributed by atoms with Crippen molar-refractivity contribution in [1.29, 1.82) is 0 Å². The molecule has 0 amide bonds. The lowest BCUT2D eigenvalue weighted by molar-refractivity contribution is -0.157. The molecule has 1 aromatic rings. The van der Waals surface area contributed by atoms with Gasteiger partial charge < -0.3 is 9.84 Å². The second kappa shape index (κ2) is 6.18. The Bertz CT molecular complexity index is 572. The highest BCUT2D eigenvalue weighted by Gasteiger charge is 2.53. The summed E-state index contributed by atoms with van der Waals surface area (Å²) in [7, 11) is 0. The molecule has 3 rings (SSSR count). The van der Waals surface area contributed by atoms with Crippen molar-refractivity contribution in [3.8, 4) is 0 Å². The third-order valence-corrected chi connectivity index (χ3v) is 4.75. The fourth-order valence-electron chi connectivity index (χ4n) is 3.45. The second-order valence-electron chi connectivity index (χ2n) is 6.13. The maximum Gasteiger partial charge on any atom is 0.311 e. The number of likely N-dealkylation sites (tertiary alicyclic amines) is 1. The van der Waals surface area contributed by atoms with Crippen LogP contribution in [-0.4, -0.2) is 48.8 Å². The predicted octanol–water partition coefficient (Wildman–Crippen LogP) is 2.26. The molecule has 118 valence electrons. The molecule has 4 nitrogen and oxygen atoms in total. The van der Waals surface area contributed by atoms with Gasteiger partial charge in [0.25, 0.3) is 0 Å². The van der Waals surface area contributed by atoms with E-state index in [-0.39, 0.29) is 11.7 Å². The highest BCUT2D eigenvalue weighted by atomic mass is 19.1. The molecule has 0 saturated carbocycles. The van der Waals surface area contributed by atoms with E-state index in [1.54, 1.807) is 12.1 Å². The van der Waals surface area contributed by atoms with Crippen molar-refractivity contribution in [2.24, 2.45) is 11.3 Å². The number of hydrogen-bond donors (Lipinski definition) is 1. The summed E-state index contributed by atoms with van der Waals surface area (Å²) in [6.07, 6.45) is 4.53. The molecule has 0 radical (unpaired) electrons. The standard InChI is InChI=1S/C17H20FNO3/c18-15-5-3-13(4-6-15)2-1-8-19-10-14-11-22-9-7-17(14,12-19)16(20)21/h1-6,14H,7-12H2,(H,20,21)/b2-1+/t14-,17+/m1/s1. The van der Waals surface area contributed by atoms with Crippen LogP contribution in [0.15, 0.2) is 30.3 Å². The fraction of sp³-hybridized carbons (Fsp3) is 0.471. The van der Waals surface area contributed by atoms with Crippen molar-refractivity contribution in [1.82, 2.24) is 4.90 Å². The molecular weight excluding hydrogens is 285 g/mol. The van der Waals surface area contributed by atoms with Crippen LogP contribution in [0, 0.1) is 17.2 Å². The van der Waals surface area contributed by atoms with Gasteiger partial charge in [0.05, 0.1) is 12.0 Å². The molecule has 0 spiro atoms. The number of carbonyl (C=O) groups is 1. The Kier molecular flexibility index (Phi) is 4.27. The highest BCUT2D eigenvalue weighted by Crippen LogP contribution is 2.42. The topological polar surface area (TPSA) is 49.8 Å². The van der Waals surface area contributed by atoms with Gasteiger partial charge >= 0.3 is 5.97 Å². The molecule has 2 atom stereocenters. The number of ether oxygens (including phenoxy) is 1. The van der Waals surface area contributed by atoms with E-state index in [0.717, 1.165) is 12.1 Å². The summed E-state index contributed by atoms with van der Waals surface area (Å²) in [4.78, 5) is 13.9. The number of carboxylic acid groups (broad SMARTS) is 1. The van der Waals surface area contributed by atoms with E-state index in [4.69, 9.17) is 4.74 Å². The Balaban J connectivity index is 1.62. The zero-order valence-corrected chi connectivity index (χ0v) is 12.4. The van der Waals surface area contributed by atoms with Gasteiger partial charge in [-0.05, 0) is 24.1 Å². The molecule has 1 aromatic carbocycles. The molecule has 2 aliphatic rings. The largest absolute Gasteiger partial charge is 0.481 e. The van der Waals surface area contributed by atoms with E-state index >= 15 is 0 Å². The first-order valence-corrected chi connectivity index (χ1v) is 7.56. The number of fused-ring (bicyclic) bond motifs is 1. The molecule has 0 bridgehead atoms. The highest BCUT2D eigenvalue weighted by molar-refractivity contribution is 5.76.